The van der Waals surface area contributed by atoms with Crippen LogP contribution in [0.25, 0.3) is 0 Å². The van der Waals surface area contributed by atoms with Crippen LogP contribution < -0.4 is 18.9 Å². The third-order valence-corrected chi connectivity index (χ3v) is 11.0. The van der Waals surface area contributed by atoms with Gasteiger partial charge in [0.25, 0.3) is 0 Å². The van der Waals surface area contributed by atoms with Gasteiger partial charge in [0.1, 0.15) is 0 Å². The summed E-state index contributed by atoms with van der Waals surface area (Å²) in [5, 5.41) is 11.4. The molecule has 2 aromatic carbocycles. The predicted octanol–water partition coefficient (Wildman–Crippen LogP) is 4.35. The molecular formula is C36H53N3O6. The third-order valence-electron chi connectivity index (χ3n) is 11.0. The van der Waals surface area contributed by atoms with Crippen molar-refractivity contribution in [2.45, 2.75) is 57.2 Å². The first kappa shape index (κ1) is 32.4. The molecule has 5 atom stereocenters. The molecule has 4 aliphatic rings. The number of aliphatic hydroxyl groups excluding tert-OH is 1. The third kappa shape index (κ3) is 6.79. The second-order valence-corrected chi connectivity index (χ2v) is 13.3. The van der Waals surface area contributed by atoms with Crippen LogP contribution in [0.1, 0.15) is 60.5 Å². The van der Waals surface area contributed by atoms with E-state index >= 15 is 0 Å². The second kappa shape index (κ2) is 14.5. The van der Waals surface area contributed by atoms with E-state index in [4.69, 9.17) is 23.7 Å². The molecular weight excluding hydrogens is 570 g/mol. The van der Waals surface area contributed by atoms with E-state index in [-0.39, 0.29) is 6.04 Å². The molecule has 2 fully saturated rings. The van der Waals surface area contributed by atoms with Crippen molar-refractivity contribution in [2.24, 2.45) is 11.8 Å². The first-order valence-corrected chi connectivity index (χ1v) is 16.9. The molecule has 4 heterocycles. The fourth-order valence-corrected chi connectivity index (χ4v) is 8.53. The topological polar surface area (TPSA) is 76.1 Å². The summed E-state index contributed by atoms with van der Waals surface area (Å²) in [5.74, 6) is 4.36. The van der Waals surface area contributed by atoms with Crippen LogP contribution in [-0.4, -0.2) is 113 Å². The average Bonchev–Trinajstić information content (AvgIpc) is 3.07. The van der Waals surface area contributed by atoms with Crippen LogP contribution in [0.3, 0.4) is 0 Å². The SMILES string of the molecule is CCC1CN2CCc3cc(OC)c(OC)cc3C2CC1CC1c2cc(OC)c(OC)cc2CCN1CC(O)CN1CCOCC1. The van der Waals surface area contributed by atoms with E-state index in [9.17, 15) is 5.11 Å². The predicted molar refractivity (Wildman–Crippen MR) is 175 cm³/mol. The van der Waals surface area contributed by atoms with Crippen LogP contribution in [0.15, 0.2) is 24.3 Å². The van der Waals surface area contributed by atoms with Crippen molar-refractivity contribution in [3.05, 3.63) is 46.5 Å². The Morgan fingerprint density at radius 1 is 0.778 bits per heavy atom. The van der Waals surface area contributed by atoms with Crippen molar-refractivity contribution in [1.29, 1.82) is 0 Å². The maximum Gasteiger partial charge on any atom is 0.161 e. The van der Waals surface area contributed by atoms with Gasteiger partial charge >= 0.3 is 0 Å². The van der Waals surface area contributed by atoms with Gasteiger partial charge in [-0.15, -0.1) is 0 Å². The summed E-state index contributed by atoms with van der Waals surface area (Å²) in [4.78, 5) is 7.61. The molecule has 45 heavy (non-hydrogen) atoms. The van der Waals surface area contributed by atoms with Gasteiger partial charge in [0, 0.05) is 57.9 Å². The molecule has 0 aliphatic carbocycles. The Labute approximate surface area is 269 Å². The van der Waals surface area contributed by atoms with Crippen LogP contribution in [-0.2, 0) is 17.6 Å². The zero-order chi connectivity index (χ0) is 31.5. The fraction of sp³-hybridized carbons (Fsp3) is 0.667. The molecule has 0 bridgehead atoms. The Balaban J connectivity index is 1.29. The number of nitrogens with zero attached hydrogens (tertiary/aromatic N) is 3. The zero-order valence-electron chi connectivity index (χ0n) is 27.9. The van der Waals surface area contributed by atoms with Crippen LogP contribution >= 0.6 is 0 Å². The molecule has 1 N–H and O–H groups in total. The number of rotatable bonds is 11. The van der Waals surface area contributed by atoms with E-state index in [0.717, 1.165) is 101 Å². The van der Waals surface area contributed by atoms with E-state index in [0.29, 0.717) is 31.0 Å². The largest absolute Gasteiger partial charge is 0.493 e. The molecule has 0 radical (unpaired) electrons. The number of hydrogen-bond acceptors (Lipinski definition) is 9. The lowest BCUT2D eigenvalue weighted by Crippen LogP contribution is -2.49. The minimum Gasteiger partial charge on any atom is -0.493 e. The summed E-state index contributed by atoms with van der Waals surface area (Å²) in [6, 6.07) is 9.39. The Morgan fingerprint density at radius 2 is 1.38 bits per heavy atom. The Kier molecular flexibility index (Phi) is 10.4. The molecule has 0 saturated carbocycles. The lowest BCUT2D eigenvalue weighted by molar-refractivity contribution is -0.00513. The first-order valence-electron chi connectivity index (χ1n) is 16.9. The van der Waals surface area contributed by atoms with Gasteiger partial charge in [0.2, 0.25) is 0 Å². The molecule has 6 rings (SSSR count). The van der Waals surface area contributed by atoms with Gasteiger partial charge in [-0.25, -0.2) is 0 Å². The number of benzene rings is 2. The van der Waals surface area contributed by atoms with Gasteiger partial charge in [-0.05, 0) is 84.0 Å². The van der Waals surface area contributed by atoms with Gasteiger partial charge in [0.15, 0.2) is 23.0 Å². The van der Waals surface area contributed by atoms with Crippen molar-refractivity contribution in [1.82, 2.24) is 14.7 Å². The van der Waals surface area contributed by atoms with Crippen molar-refractivity contribution in [3.8, 4) is 23.0 Å². The second-order valence-electron chi connectivity index (χ2n) is 13.3. The number of morpholine rings is 1. The number of aliphatic hydroxyl groups is 1. The molecule has 0 amide bonds. The van der Waals surface area contributed by atoms with Crippen molar-refractivity contribution < 1.29 is 28.8 Å². The molecule has 0 aromatic heterocycles. The number of fused-ring (bicyclic) bond motifs is 4. The fourth-order valence-electron chi connectivity index (χ4n) is 8.53. The smallest absolute Gasteiger partial charge is 0.161 e. The molecule has 4 aliphatic heterocycles. The van der Waals surface area contributed by atoms with Crippen LogP contribution in [0.2, 0.25) is 0 Å². The molecule has 2 saturated heterocycles. The molecule has 248 valence electrons. The van der Waals surface area contributed by atoms with E-state index in [1.807, 2.05) is 0 Å². The highest BCUT2D eigenvalue weighted by Gasteiger charge is 2.41. The molecule has 5 unspecified atom stereocenters. The monoisotopic (exact) mass is 623 g/mol. The quantitative estimate of drug-likeness (QED) is 0.393. The van der Waals surface area contributed by atoms with Crippen molar-refractivity contribution in [3.63, 3.8) is 0 Å². The molecule has 9 heteroatoms. The summed E-state index contributed by atoms with van der Waals surface area (Å²) < 4.78 is 28.5. The van der Waals surface area contributed by atoms with E-state index in [1.165, 1.54) is 22.3 Å². The van der Waals surface area contributed by atoms with Crippen molar-refractivity contribution >= 4 is 0 Å². The van der Waals surface area contributed by atoms with E-state index in [1.54, 1.807) is 28.4 Å². The maximum atomic E-state index is 11.4. The summed E-state index contributed by atoms with van der Waals surface area (Å²) in [6.07, 6.45) is 4.90. The Bertz CT molecular complexity index is 1300. The Morgan fingerprint density at radius 3 is 2.02 bits per heavy atom. The van der Waals surface area contributed by atoms with Gasteiger partial charge in [-0.1, -0.05) is 13.3 Å². The van der Waals surface area contributed by atoms with Gasteiger partial charge in [-0.3, -0.25) is 14.7 Å². The molecule has 0 spiro atoms. The Hall–Kier alpha value is -2.56. The molecule has 9 nitrogen and oxygen atoms in total. The number of β-amino-alcohol motifs (C(OH)–C–C–N with tert-alkyl or cyclic N) is 1. The highest BCUT2D eigenvalue weighted by atomic mass is 16.5. The van der Waals surface area contributed by atoms with Crippen LogP contribution in [0.4, 0.5) is 0 Å². The van der Waals surface area contributed by atoms with Gasteiger partial charge in [0.05, 0.1) is 47.8 Å². The van der Waals surface area contributed by atoms with Gasteiger partial charge < -0.3 is 28.8 Å². The average molecular weight is 624 g/mol. The summed E-state index contributed by atoms with van der Waals surface area (Å²) in [5.41, 5.74) is 5.44. The minimum atomic E-state index is -0.413. The minimum absolute atomic E-state index is 0.201. The number of piperidine rings is 1. The van der Waals surface area contributed by atoms with E-state index in [2.05, 4.69) is 45.9 Å². The van der Waals surface area contributed by atoms with Crippen LogP contribution in [0.5, 0.6) is 23.0 Å². The highest BCUT2D eigenvalue weighted by molar-refractivity contribution is 5.51. The van der Waals surface area contributed by atoms with E-state index < -0.39 is 6.10 Å². The zero-order valence-corrected chi connectivity index (χ0v) is 27.9. The van der Waals surface area contributed by atoms with Crippen LogP contribution in [0, 0.1) is 11.8 Å². The first-order chi connectivity index (χ1) is 22.0. The summed E-state index contributed by atoms with van der Waals surface area (Å²) >= 11 is 0. The molecule has 2 aromatic rings. The summed E-state index contributed by atoms with van der Waals surface area (Å²) in [7, 11) is 6.88. The highest BCUT2D eigenvalue weighted by Crippen LogP contribution is 2.49. The number of methoxy groups -OCH3 is 4. The number of hydrogen-bond donors (Lipinski definition) is 1. The van der Waals surface area contributed by atoms with Crippen molar-refractivity contribution in [2.75, 3.05) is 87.5 Å². The lowest BCUT2D eigenvalue weighted by Gasteiger charge is -2.49. The number of ether oxygens (including phenoxy) is 5. The van der Waals surface area contributed by atoms with Gasteiger partial charge in [-0.2, -0.15) is 0 Å². The maximum absolute atomic E-state index is 11.4. The normalized spacial score (nSPS) is 26.4. The summed E-state index contributed by atoms with van der Waals surface area (Å²) in [6.45, 7) is 10.1. The lowest BCUT2D eigenvalue weighted by atomic mass is 9.72. The standard InChI is InChI=1S/C36H53N3O6/c1-6-24-21-38-9-7-25-17-33(41-2)35(43-4)19-29(25)31(38)15-27(24)16-32-30-20-36(44-5)34(42-3)18-26(30)8-10-39(32)23-28(40)22-37-11-13-45-14-12-37/h17-20,24,27-28,31-32,40H,6-16,21-23H2,1-5H3.